The summed E-state index contributed by atoms with van der Waals surface area (Å²) in [5.74, 6) is -0.366. The minimum Gasteiger partial charge on any atom is -0.352 e. The van der Waals surface area contributed by atoms with Crippen LogP contribution in [0.5, 0.6) is 0 Å². The molecule has 0 aliphatic heterocycles. The summed E-state index contributed by atoms with van der Waals surface area (Å²) < 4.78 is 0. The first-order valence-corrected chi connectivity index (χ1v) is 6.65. The standard InChI is InChI=1S/C16H19N3O2/c1-4-15(20)18-9-8-16(21)19(3)12(2)14-7-5-6-13(10-14)11-17/h4-7,10,12H,1,8-9H2,2-3H3,(H,18,20). The summed E-state index contributed by atoms with van der Waals surface area (Å²) in [5.41, 5.74) is 1.47. The van der Waals surface area contributed by atoms with Crippen LogP contribution in [0.4, 0.5) is 0 Å². The van der Waals surface area contributed by atoms with Crippen LogP contribution in [0.15, 0.2) is 36.9 Å². The number of nitrogens with zero attached hydrogens (tertiary/aromatic N) is 2. The largest absolute Gasteiger partial charge is 0.352 e. The molecule has 0 saturated carbocycles. The number of rotatable bonds is 6. The molecule has 1 atom stereocenters. The van der Waals surface area contributed by atoms with E-state index < -0.39 is 0 Å². The number of amides is 2. The van der Waals surface area contributed by atoms with Gasteiger partial charge in [0.25, 0.3) is 0 Å². The van der Waals surface area contributed by atoms with Crippen LogP contribution < -0.4 is 5.32 Å². The van der Waals surface area contributed by atoms with Gasteiger partial charge in [-0.3, -0.25) is 9.59 Å². The van der Waals surface area contributed by atoms with Crippen molar-refractivity contribution in [1.29, 1.82) is 5.26 Å². The number of hydrogen-bond acceptors (Lipinski definition) is 3. The molecule has 0 aliphatic carbocycles. The van der Waals surface area contributed by atoms with E-state index >= 15 is 0 Å². The van der Waals surface area contributed by atoms with Crippen molar-refractivity contribution in [3.05, 3.63) is 48.0 Å². The fourth-order valence-electron chi connectivity index (χ4n) is 1.85. The van der Waals surface area contributed by atoms with Crippen molar-refractivity contribution in [2.24, 2.45) is 0 Å². The van der Waals surface area contributed by atoms with Crippen LogP contribution in [-0.2, 0) is 9.59 Å². The topological polar surface area (TPSA) is 73.2 Å². The maximum Gasteiger partial charge on any atom is 0.243 e. The second-order valence-corrected chi connectivity index (χ2v) is 4.66. The predicted octanol–water partition coefficient (Wildman–Crippen LogP) is 1.77. The van der Waals surface area contributed by atoms with Gasteiger partial charge in [0.2, 0.25) is 11.8 Å². The number of benzene rings is 1. The lowest BCUT2D eigenvalue weighted by atomic mass is 10.0. The highest BCUT2D eigenvalue weighted by atomic mass is 16.2. The minimum atomic E-state index is -0.291. The molecule has 1 rings (SSSR count). The van der Waals surface area contributed by atoms with Crippen molar-refractivity contribution in [3.63, 3.8) is 0 Å². The third-order valence-corrected chi connectivity index (χ3v) is 3.30. The van der Waals surface area contributed by atoms with Crippen molar-refractivity contribution in [2.45, 2.75) is 19.4 Å². The van der Waals surface area contributed by atoms with E-state index in [9.17, 15) is 9.59 Å². The second kappa shape index (κ2) is 7.85. The van der Waals surface area contributed by atoms with E-state index in [4.69, 9.17) is 5.26 Å². The highest BCUT2D eigenvalue weighted by molar-refractivity contribution is 5.87. The molecule has 0 radical (unpaired) electrons. The molecule has 21 heavy (non-hydrogen) atoms. The maximum absolute atomic E-state index is 12.1. The Hall–Kier alpha value is -2.61. The zero-order valence-electron chi connectivity index (χ0n) is 12.3. The van der Waals surface area contributed by atoms with Crippen LogP contribution >= 0.6 is 0 Å². The zero-order chi connectivity index (χ0) is 15.8. The molecule has 0 aliphatic rings. The van der Waals surface area contributed by atoms with Crippen molar-refractivity contribution in [3.8, 4) is 6.07 Å². The van der Waals surface area contributed by atoms with E-state index in [-0.39, 0.29) is 30.8 Å². The van der Waals surface area contributed by atoms with Gasteiger partial charge in [0.05, 0.1) is 17.7 Å². The summed E-state index contributed by atoms with van der Waals surface area (Å²) >= 11 is 0. The van der Waals surface area contributed by atoms with Crippen LogP contribution in [0, 0.1) is 11.3 Å². The zero-order valence-corrected chi connectivity index (χ0v) is 12.3. The van der Waals surface area contributed by atoms with Crippen LogP contribution in [0.2, 0.25) is 0 Å². The van der Waals surface area contributed by atoms with Crippen LogP contribution in [0.25, 0.3) is 0 Å². The Morgan fingerprint density at radius 3 is 2.86 bits per heavy atom. The fourth-order valence-corrected chi connectivity index (χ4v) is 1.85. The molecule has 0 aromatic heterocycles. The van der Waals surface area contributed by atoms with Gasteiger partial charge in [0.1, 0.15) is 0 Å². The number of carbonyl (C=O) groups excluding carboxylic acids is 2. The van der Waals surface area contributed by atoms with Crippen LogP contribution in [0.3, 0.4) is 0 Å². The molecule has 110 valence electrons. The van der Waals surface area contributed by atoms with Crippen molar-refractivity contribution < 1.29 is 9.59 Å². The van der Waals surface area contributed by atoms with Crippen LogP contribution in [-0.4, -0.2) is 30.3 Å². The first kappa shape index (κ1) is 16.4. The van der Waals surface area contributed by atoms with Gasteiger partial charge in [-0.05, 0) is 30.7 Å². The molecular weight excluding hydrogens is 266 g/mol. The molecule has 1 aromatic rings. The molecule has 5 heteroatoms. The third-order valence-electron chi connectivity index (χ3n) is 3.30. The SMILES string of the molecule is C=CC(=O)NCCC(=O)N(C)C(C)c1cccc(C#N)c1. The summed E-state index contributed by atoms with van der Waals surface area (Å²) in [5, 5.41) is 11.5. The van der Waals surface area contributed by atoms with Gasteiger partial charge >= 0.3 is 0 Å². The molecule has 0 spiro atoms. The smallest absolute Gasteiger partial charge is 0.243 e. The van der Waals surface area contributed by atoms with Gasteiger partial charge in [-0.25, -0.2) is 0 Å². The molecule has 0 fully saturated rings. The minimum absolute atomic E-state index is 0.0748. The van der Waals surface area contributed by atoms with Gasteiger partial charge in [0, 0.05) is 20.0 Å². The Labute approximate surface area is 124 Å². The molecule has 2 amide bonds. The predicted molar refractivity (Wildman–Crippen MR) is 80.2 cm³/mol. The maximum atomic E-state index is 12.1. The first-order valence-electron chi connectivity index (χ1n) is 6.65. The monoisotopic (exact) mass is 285 g/mol. The van der Waals surface area contributed by atoms with Gasteiger partial charge in [-0.2, -0.15) is 5.26 Å². The molecule has 0 saturated heterocycles. The molecule has 0 heterocycles. The lowest BCUT2D eigenvalue weighted by Gasteiger charge is -2.25. The normalized spacial score (nSPS) is 11.1. The highest BCUT2D eigenvalue weighted by Gasteiger charge is 2.17. The van der Waals surface area contributed by atoms with E-state index in [1.165, 1.54) is 6.08 Å². The number of carbonyl (C=O) groups is 2. The Bertz CT molecular complexity index is 575. The van der Waals surface area contributed by atoms with Crippen molar-refractivity contribution in [1.82, 2.24) is 10.2 Å². The van der Waals surface area contributed by atoms with Crippen molar-refractivity contribution >= 4 is 11.8 Å². The summed E-state index contributed by atoms with van der Waals surface area (Å²) in [7, 11) is 1.71. The summed E-state index contributed by atoms with van der Waals surface area (Å²) in [6.07, 6.45) is 1.39. The van der Waals surface area contributed by atoms with Crippen molar-refractivity contribution in [2.75, 3.05) is 13.6 Å². The van der Waals surface area contributed by atoms with Crippen LogP contribution in [0.1, 0.15) is 30.5 Å². The van der Waals surface area contributed by atoms with E-state index in [0.29, 0.717) is 5.56 Å². The molecule has 1 unspecified atom stereocenters. The second-order valence-electron chi connectivity index (χ2n) is 4.66. The molecule has 5 nitrogen and oxygen atoms in total. The van der Waals surface area contributed by atoms with E-state index in [1.807, 2.05) is 13.0 Å². The average Bonchev–Trinajstić information content (AvgIpc) is 2.52. The first-order chi connectivity index (χ1) is 9.99. The van der Waals surface area contributed by atoms with E-state index in [0.717, 1.165) is 5.56 Å². The molecule has 0 bridgehead atoms. The average molecular weight is 285 g/mol. The Balaban J connectivity index is 2.62. The number of nitriles is 1. The highest BCUT2D eigenvalue weighted by Crippen LogP contribution is 2.20. The quantitative estimate of drug-likeness (QED) is 0.810. The lowest BCUT2D eigenvalue weighted by molar-refractivity contribution is -0.131. The fraction of sp³-hybridized carbons (Fsp3) is 0.312. The molecule has 1 aromatic carbocycles. The van der Waals surface area contributed by atoms with Gasteiger partial charge in [0.15, 0.2) is 0 Å². The summed E-state index contributed by atoms with van der Waals surface area (Å²) in [4.78, 5) is 24.7. The van der Waals surface area contributed by atoms with E-state index in [2.05, 4.69) is 18.0 Å². The summed E-state index contributed by atoms with van der Waals surface area (Å²) in [6.45, 7) is 5.52. The number of nitrogens with one attached hydrogen (secondary N) is 1. The van der Waals surface area contributed by atoms with Gasteiger partial charge in [-0.1, -0.05) is 18.7 Å². The van der Waals surface area contributed by atoms with Gasteiger partial charge < -0.3 is 10.2 Å². The third kappa shape index (κ3) is 4.77. The molecular formula is C16H19N3O2. The Morgan fingerprint density at radius 1 is 1.52 bits per heavy atom. The Kier molecular flexibility index (Phi) is 6.15. The van der Waals surface area contributed by atoms with E-state index in [1.54, 1.807) is 30.1 Å². The lowest BCUT2D eigenvalue weighted by Crippen LogP contribution is -2.33. The number of hydrogen-bond donors (Lipinski definition) is 1. The summed E-state index contributed by atoms with van der Waals surface area (Å²) in [6, 6.07) is 9.12. The molecule has 1 N–H and O–H groups in total. The van der Waals surface area contributed by atoms with Gasteiger partial charge in [-0.15, -0.1) is 0 Å². The Morgan fingerprint density at radius 2 is 2.24 bits per heavy atom.